The van der Waals surface area contributed by atoms with E-state index in [1.165, 1.54) is 6.08 Å². The van der Waals surface area contributed by atoms with Gasteiger partial charge in [0.25, 0.3) is 0 Å². The Bertz CT molecular complexity index is 515. The van der Waals surface area contributed by atoms with Gasteiger partial charge < -0.3 is 9.47 Å². The van der Waals surface area contributed by atoms with Gasteiger partial charge in [-0.15, -0.1) is 0 Å². The van der Waals surface area contributed by atoms with E-state index in [0.29, 0.717) is 12.3 Å². The Morgan fingerprint density at radius 3 is 1.92 bits per heavy atom. The zero-order valence-electron chi connectivity index (χ0n) is 16.2. The molecule has 0 aliphatic rings. The van der Waals surface area contributed by atoms with E-state index in [2.05, 4.69) is 0 Å². The van der Waals surface area contributed by atoms with Crippen LogP contribution in [0.1, 0.15) is 68.2 Å². The van der Waals surface area contributed by atoms with Crippen molar-refractivity contribution in [1.29, 1.82) is 5.26 Å². The first-order valence-electron chi connectivity index (χ1n) is 8.28. The lowest BCUT2D eigenvalue weighted by Gasteiger charge is -2.27. The van der Waals surface area contributed by atoms with Crippen molar-refractivity contribution in [3.8, 4) is 6.07 Å². The minimum atomic E-state index is -1.49. The Balaban J connectivity index is 5.49. The molecule has 5 nitrogen and oxygen atoms in total. The highest BCUT2D eigenvalue weighted by Crippen LogP contribution is 2.31. The normalized spacial score (nSPS) is 15.0. The van der Waals surface area contributed by atoms with Crippen molar-refractivity contribution in [2.45, 2.75) is 79.4 Å². The van der Waals surface area contributed by atoms with Crippen LogP contribution in [-0.4, -0.2) is 23.1 Å². The Morgan fingerprint density at radius 2 is 1.54 bits per heavy atom. The van der Waals surface area contributed by atoms with Gasteiger partial charge in [-0.25, -0.2) is 9.59 Å². The maximum atomic E-state index is 12.6. The third-order valence-electron chi connectivity index (χ3n) is 2.99. The second-order valence-corrected chi connectivity index (χ2v) is 8.38. The average molecular weight is 337 g/mol. The van der Waals surface area contributed by atoms with Crippen LogP contribution in [0.3, 0.4) is 0 Å². The summed E-state index contributed by atoms with van der Waals surface area (Å²) in [6.45, 7) is 14.5. The monoisotopic (exact) mass is 337 g/mol. The summed E-state index contributed by atoms with van der Waals surface area (Å²) in [6, 6.07) is 2.04. The Hall–Kier alpha value is -1.83. The van der Waals surface area contributed by atoms with Crippen LogP contribution < -0.4 is 0 Å². The van der Waals surface area contributed by atoms with Crippen LogP contribution in [0.4, 0.5) is 0 Å². The van der Waals surface area contributed by atoms with E-state index in [1.807, 2.05) is 19.9 Å². The molecule has 0 fully saturated rings. The standard InChI is InChI=1S/C19H31NO4/c1-14(2)9-11-19(13-20,16(22)24-18(6,7)8)12-10-15(21)23-17(3,4)5/h10,12,14H,9,11H2,1-8H3/b12-10+/t19-/m0/s1. The quantitative estimate of drug-likeness (QED) is 0.537. The minimum Gasteiger partial charge on any atom is -0.459 e. The van der Waals surface area contributed by atoms with Crippen molar-refractivity contribution in [1.82, 2.24) is 0 Å². The van der Waals surface area contributed by atoms with E-state index in [1.54, 1.807) is 41.5 Å². The van der Waals surface area contributed by atoms with Gasteiger partial charge in [0.1, 0.15) is 11.2 Å². The minimum absolute atomic E-state index is 0.287. The van der Waals surface area contributed by atoms with E-state index in [9.17, 15) is 14.9 Å². The smallest absolute Gasteiger partial charge is 0.331 e. The van der Waals surface area contributed by atoms with Crippen LogP contribution in [-0.2, 0) is 19.1 Å². The number of ether oxygens (including phenoxy) is 2. The summed E-state index contributed by atoms with van der Waals surface area (Å²) in [5, 5.41) is 9.65. The van der Waals surface area contributed by atoms with Gasteiger partial charge in [0, 0.05) is 6.08 Å². The molecular formula is C19H31NO4. The fourth-order valence-corrected chi connectivity index (χ4v) is 1.82. The zero-order chi connectivity index (χ0) is 19.2. The van der Waals surface area contributed by atoms with E-state index >= 15 is 0 Å². The molecule has 0 aromatic rings. The van der Waals surface area contributed by atoms with Crippen molar-refractivity contribution in [2.24, 2.45) is 11.3 Å². The highest BCUT2D eigenvalue weighted by molar-refractivity contribution is 5.87. The molecule has 5 heteroatoms. The van der Waals surface area contributed by atoms with Crippen LogP contribution in [0.25, 0.3) is 0 Å². The molecule has 0 aromatic carbocycles. The van der Waals surface area contributed by atoms with Gasteiger partial charge in [0.15, 0.2) is 5.41 Å². The average Bonchev–Trinajstić information content (AvgIpc) is 2.35. The SMILES string of the molecule is CC(C)CC[C@@](C#N)(/C=C/C(=O)OC(C)(C)C)C(=O)OC(C)(C)C. The first-order chi connectivity index (χ1) is 10.7. The lowest BCUT2D eigenvalue weighted by Crippen LogP contribution is -2.36. The Morgan fingerprint density at radius 1 is 1.04 bits per heavy atom. The molecule has 0 aliphatic heterocycles. The molecule has 0 saturated heterocycles. The van der Waals surface area contributed by atoms with Gasteiger partial charge in [-0.1, -0.05) is 13.8 Å². The number of hydrogen-bond acceptors (Lipinski definition) is 5. The zero-order valence-corrected chi connectivity index (χ0v) is 16.2. The number of esters is 2. The van der Waals surface area contributed by atoms with Gasteiger partial charge >= 0.3 is 11.9 Å². The molecule has 0 aliphatic carbocycles. The highest BCUT2D eigenvalue weighted by Gasteiger charge is 2.40. The van der Waals surface area contributed by atoms with E-state index < -0.39 is 28.6 Å². The molecule has 1 atom stereocenters. The molecule has 0 heterocycles. The van der Waals surface area contributed by atoms with Crippen LogP contribution in [0.5, 0.6) is 0 Å². The van der Waals surface area contributed by atoms with Crippen molar-refractivity contribution < 1.29 is 19.1 Å². The summed E-state index contributed by atoms with van der Waals surface area (Å²) in [6.07, 6.45) is 3.41. The van der Waals surface area contributed by atoms with Gasteiger partial charge in [-0.2, -0.15) is 5.26 Å². The molecule has 0 N–H and O–H groups in total. The van der Waals surface area contributed by atoms with Crippen molar-refractivity contribution in [2.75, 3.05) is 0 Å². The molecule has 0 amide bonds. The summed E-state index contributed by atoms with van der Waals surface area (Å²) in [4.78, 5) is 24.5. The molecule has 0 rings (SSSR count). The van der Waals surface area contributed by atoms with Gasteiger partial charge in [0.2, 0.25) is 0 Å². The summed E-state index contributed by atoms with van der Waals surface area (Å²) < 4.78 is 10.6. The Labute approximate surface area is 146 Å². The van der Waals surface area contributed by atoms with Gasteiger partial charge in [0.05, 0.1) is 6.07 Å². The molecule has 24 heavy (non-hydrogen) atoms. The van der Waals surface area contributed by atoms with Gasteiger partial charge in [-0.3, -0.25) is 0 Å². The molecule has 0 bridgehead atoms. The number of hydrogen-bond donors (Lipinski definition) is 0. The predicted molar refractivity (Wildman–Crippen MR) is 92.9 cm³/mol. The Kier molecular flexibility index (Phi) is 7.69. The maximum absolute atomic E-state index is 12.6. The molecule has 0 aromatic heterocycles. The largest absolute Gasteiger partial charge is 0.459 e. The molecule has 0 radical (unpaired) electrons. The third-order valence-corrected chi connectivity index (χ3v) is 2.99. The maximum Gasteiger partial charge on any atom is 0.331 e. The summed E-state index contributed by atoms with van der Waals surface area (Å²) in [7, 11) is 0. The number of rotatable bonds is 6. The number of carbonyl (C=O) groups excluding carboxylic acids is 2. The molecular weight excluding hydrogens is 306 g/mol. The first-order valence-corrected chi connectivity index (χ1v) is 8.28. The van der Waals surface area contributed by atoms with Gasteiger partial charge in [-0.05, 0) is 66.4 Å². The number of nitrogens with zero attached hydrogens (tertiary/aromatic N) is 1. The van der Waals surface area contributed by atoms with Crippen LogP contribution in [0.15, 0.2) is 12.2 Å². The molecule has 136 valence electrons. The number of nitriles is 1. The summed E-state index contributed by atoms with van der Waals surface area (Å²) >= 11 is 0. The molecule has 0 unspecified atom stereocenters. The van der Waals surface area contributed by atoms with Crippen molar-refractivity contribution in [3.63, 3.8) is 0 Å². The lowest BCUT2D eigenvalue weighted by molar-refractivity contribution is -0.162. The third kappa shape index (κ3) is 8.71. The van der Waals surface area contributed by atoms with Crippen molar-refractivity contribution >= 4 is 11.9 Å². The van der Waals surface area contributed by atoms with E-state index in [4.69, 9.17) is 9.47 Å². The fourth-order valence-electron chi connectivity index (χ4n) is 1.82. The van der Waals surface area contributed by atoms with Crippen molar-refractivity contribution in [3.05, 3.63) is 12.2 Å². The second kappa shape index (κ2) is 8.32. The lowest BCUT2D eigenvalue weighted by atomic mass is 9.82. The number of carbonyl (C=O) groups is 2. The molecule has 0 spiro atoms. The topological polar surface area (TPSA) is 76.4 Å². The first kappa shape index (κ1) is 22.2. The van der Waals surface area contributed by atoms with E-state index in [0.717, 1.165) is 6.08 Å². The summed E-state index contributed by atoms with van der Waals surface area (Å²) in [5.41, 5.74) is -2.84. The van der Waals surface area contributed by atoms with Crippen LogP contribution >= 0.6 is 0 Å². The second-order valence-electron chi connectivity index (χ2n) is 8.38. The summed E-state index contributed by atoms with van der Waals surface area (Å²) in [5.74, 6) is -0.914. The highest BCUT2D eigenvalue weighted by atomic mass is 16.6. The fraction of sp³-hybridized carbons (Fsp3) is 0.737. The van der Waals surface area contributed by atoms with Crippen LogP contribution in [0, 0.1) is 22.7 Å². The predicted octanol–water partition coefficient (Wildman–Crippen LogP) is 4.17. The van der Waals surface area contributed by atoms with Crippen LogP contribution in [0.2, 0.25) is 0 Å². The van der Waals surface area contributed by atoms with E-state index in [-0.39, 0.29) is 6.42 Å². The molecule has 0 saturated carbocycles.